The fourth-order valence-electron chi connectivity index (χ4n) is 4.16. The lowest BCUT2D eigenvalue weighted by molar-refractivity contribution is -0.141. The van der Waals surface area contributed by atoms with Crippen LogP contribution in [0.15, 0.2) is 66.9 Å². The lowest BCUT2D eigenvalue weighted by Gasteiger charge is -2.27. The molecule has 1 aromatic heterocycles. The monoisotopic (exact) mass is 484 g/mol. The first-order chi connectivity index (χ1) is 16.5. The molecule has 2 aromatic carbocycles. The van der Waals surface area contributed by atoms with Crippen LogP contribution in [0.1, 0.15) is 49.3 Å². The van der Waals surface area contributed by atoms with E-state index < -0.39 is 35.7 Å². The molecule has 5 nitrogen and oxygen atoms in total. The molecule has 8 heteroatoms. The van der Waals surface area contributed by atoms with Crippen LogP contribution in [0, 0.1) is 0 Å². The highest BCUT2D eigenvalue weighted by Crippen LogP contribution is 2.41. The number of halogens is 3. The molecule has 0 saturated carbocycles. The molecular formula is C27H27F3N2O3. The maximum Gasteiger partial charge on any atom is 0.433 e. The Morgan fingerprint density at radius 2 is 1.86 bits per heavy atom. The Hall–Kier alpha value is -3.39. The van der Waals surface area contributed by atoms with Crippen LogP contribution in [-0.2, 0) is 28.7 Å². The fraction of sp³-hybridized carbons (Fsp3) is 0.333. The Balaban J connectivity index is 1.67. The van der Waals surface area contributed by atoms with Crippen molar-refractivity contribution >= 4 is 6.09 Å². The van der Waals surface area contributed by atoms with E-state index in [4.69, 9.17) is 9.47 Å². The third-order valence-corrected chi connectivity index (χ3v) is 5.64. The molecule has 2 unspecified atom stereocenters. The first kappa shape index (κ1) is 24.7. The van der Waals surface area contributed by atoms with Gasteiger partial charge in [0.05, 0.1) is 6.61 Å². The van der Waals surface area contributed by atoms with Crippen LogP contribution in [-0.4, -0.2) is 22.7 Å². The summed E-state index contributed by atoms with van der Waals surface area (Å²) < 4.78 is 51.6. The van der Waals surface area contributed by atoms with Crippen molar-refractivity contribution in [1.29, 1.82) is 0 Å². The smallest absolute Gasteiger partial charge is 0.433 e. The summed E-state index contributed by atoms with van der Waals surface area (Å²) >= 11 is 0. The quantitative estimate of drug-likeness (QED) is 0.451. The van der Waals surface area contributed by atoms with Crippen LogP contribution in [0.2, 0.25) is 0 Å². The zero-order valence-corrected chi connectivity index (χ0v) is 19.7. The van der Waals surface area contributed by atoms with Gasteiger partial charge in [0, 0.05) is 18.2 Å². The van der Waals surface area contributed by atoms with Crippen molar-refractivity contribution < 1.29 is 27.4 Å². The second-order valence-electron chi connectivity index (χ2n) is 9.54. The molecule has 3 aromatic rings. The number of alkyl halides is 3. The van der Waals surface area contributed by atoms with Crippen molar-refractivity contribution in [2.75, 3.05) is 0 Å². The number of benzene rings is 2. The highest BCUT2D eigenvalue weighted by atomic mass is 19.4. The summed E-state index contributed by atoms with van der Waals surface area (Å²) in [5.41, 5.74) is 2.14. The van der Waals surface area contributed by atoms with E-state index in [-0.39, 0.29) is 6.61 Å². The van der Waals surface area contributed by atoms with Crippen molar-refractivity contribution in [1.82, 2.24) is 10.3 Å². The number of amides is 1. The van der Waals surface area contributed by atoms with Crippen molar-refractivity contribution in [3.05, 3.63) is 89.2 Å². The Morgan fingerprint density at radius 3 is 2.54 bits per heavy atom. The van der Waals surface area contributed by atoms with Gasteiger partial charge in [-0.2, -0.15) is 13.2 Å². The fourth-order valence-corrected chi connectivity index (χ4v) is 4.16. The minimum absolute atomic E-state index is 0.190. The lowest BCUT2D eigenvalue weighted by Crippen LogP contribution is -2.43. The maximum absolute atomic E-state index is 13.2. The number of ether oxygens (including phenoxy) is 2. The Bertz CT molecular complexity index is 1190. The van der Waals surface area contributed by atoms with Crippen LogP contribution in [0.25, 0.3) is 11.1 Å². The van der Waals surface area contributed by atoms with Crippen LogP contribution < -0.4 is 5.32 Å². The van der Waals surface area contributed by atoms with Gasteiger partial charge >= 0.3 is 12.3 Å². The van der Waals surface area contributed by atoms with E-state index in [0.717, 1.165) is 29.0 Å². The predicted molar refractivity (Wildman–Crippen MR) is 126 cm³/mol. The molecule has 0 fully saturated rings. The highest BCUT2D eigenvalue weighted by Gasteiger charge is 2.36. The molecule has 1 amide bonds. The topological polar surface area (TPSA) is 60.5 Å². The van der Waals surface area contributed by atoms with Gasteiger partial charge in [-0.25, -0.2) is 4.79 Å². The number of carbonyl (C=O) groups excluding carboxylic acids is 1. The van der Waals surface area contributed by atoms with E-state index in [1.807, 2.05) is 57.2 Å². The third-order valence-electron chi connectivity index (χ3n) is 5.64. The van der Waals surface area contributed by atoms with Crippen molar-refractivity contribution in [3.63, 3.8) is 0 Å². The first-order valence-corrected chi connectivity index (χ1v) is 11.3. The molecule has 0 saturated heterocycles. The van der Waals surface area contributed by atoms with Crippen LogP contribution >= 0.6 is 0 Å². The number of pyridine rings is 1. The molecular weight excluding hydrogens is 457 g/mol. The van der Waals surface area contributed by atoms with E-state index >= 15 is 0 Å². The number of alkyl carbamates (subject to hydrolysis) is 1. The molecule has 0 bridgehead atoms. The molecule has 2 atom stereocenters. The van der Waals surface area contributed by atoms with Crippen LogP contribution in [0.4, 0.5) is 18.0 Å². The van der Waals surface area contributed by atoms with E-state index in [9.17, 15) is 18.0 Å². The second-order valence-corrected chi connectivity index (χ2v) is 9.54. The molecule has 1 aliphatic rings. The zero-order chi connectivity index (χ0) is 25.2. The molecule has 0 spiro atoms. The number of carbonyl (C=O) groups is 1. The van der Waals surface area contributed by atoms with Gasteiger partial charge in [-0.3, -0.25) is 4.98 Å². The molecule has 184 valence electrons. The lowest BCUT2D eigenvalue weighted by atomic mass is 9.92. The number of hydrogen-bond donors (Lipinski definition) is 1. The summed E-state index contributed by atoms with van der Waals surface area (Å²) in [7, 11) is 0. The highest BCUT2D eigenvalue weighted by molar-refractivity contribution is 5.70. The summed E-state index contributed by atoms with van der Waals surface area (Å²) in [5.74, 6) is 0. The molecule has 0 radical (unpaired) electrons. The van der Waals surface area contributed by atoms with Gasteiger partial charge in [0.15, 0.2) is 0 Å². The largest absolute Gasteiger partial charge is 0.443 e. The number of nitrogens with one attached hydrogen (secondary N) is 1. The number of fused-ring (bicyclic) bond motifs is 1. The van der Waals surface area contributed by atoms with Gasteiger partial charge in [-0.15, -0.1) is 0 Å². The number of nitrogens with zero attached hydrogens (tertiary/aromatic N) is 1. The van der Waals surface area contributed by atoms with E-state index in [1.165, 1.54) is 0 Å². The first-order valence-electron chi connectivity index (χ1n) is 11.3. The van der Waals surface area contributed by atoms with Crippen LogP contribution in [0.3, 0.4) is 0 Å². The van der Waals surface area contributed by atoms with Gasteiger partial charge < -0.3 is 14.8 Å². The number of aromatic nitrogens is 1. The Labute approximate surface area is 202 Å². The minimum atomic E-state index is -4.54. The molecule has 0 aliphatic carbocycles. The second kappa shape index (κ2) is 9.70. The summed E-state index contributed by atoms with van der Waals surface area (Å²) in [5, 5.41) is 2.81. The number of rotatable bonds is 5. The normalized spacial score (nSPS) is 16.5. The molecule has 4 rings (SSSR count). The summed E-state index contributed by atoms with van der Waals surface area (Å²) in [6.07, 6.45) is -4.74. The van der Waals surface area contributed by atoms with Crippen molar-refractivity contribution in [2.24, 2.45) is 0 Å². The molecule has 35 heavy (non-hydrogen) atoms. The van der Waals surface area contributed by atoms with Gasteiger partial charge in [-0.1, -0.05) is 48.5 Å². The SMILES string of the molecule is CC(C)(C)NC(=O)OC(Cc1ccccc1)C1OCc2c(-c3ccnc(C(F)(F)F)c3)cccc21. The van der Waals surface area contributed by atoms with E-state index in [0.29, 0.717) is 17.5 Å². The molecule has 1 aliphatic heterocycles. The van der Waals surface area contributed by atoms with Crippen molar-refractivity contribution in [2.45, 2.75) is 57.7 Å². The van der Waals surface area contributed by atoms with E-state index in [1.54, 1.807) is 18.2 Å². The van der Waals surface area contributed by atoms with Gasteiger partial charge in [0.2, 0.25) is 0 Å². The molecule has 1 N–H and O–H groups in total. The Morgan fingerprint density at radius 1 is 1.11 bits per heavy atom. The molecule has 2 heterocycles. The Kier molecular flexibility index (Phi) is 6.85. The number of hydrogen-bond acceptors (Lipinski definition) is 4. The third kappa shape index (κ3) is 6.00. The van der Waals surface area contributed by atoms with Crippen LogP contribution in [0.5, 0.6) is 0 Å². The average molecular weight is 485 g/mol. The predicted octanol–water partition coefficient (Wildman–Crippen LogP) is 6.47. The van der Waals surface area contributed by atoms with Crippen molar-refractivity contribution in [3.8, 4) is 11.1 Å². The van der Waals surface area contributed by atoms with Gasteiger partial charge in [0.25, 0.3) is 0 Å². The zero-order valence-electron chi connectivity index (χ0n) is 19.7. The summed E-state index contributed by atoms with van der Waals surface area (Å²) in [4.78, 5) is 16.1. The summed E-state index contributed by atoms with van der Waals surface area (Å²) in [6.45, 7) is 5.77. The van der Waals surface area contributed by atoms with Gasteiger partial charge in [-0.05, 0) is 60.7 Å². The average Bonchev–Trinajstić information content (AvgIpc) is 3.22. The standard InChI is InChI=1S/C27H27F3N2O3/c1-26(2,3)32-25(33)35-22(14-17-8-5-4-6-9-17)24-20-11-7-10-19(21(20)16-34-24)18-12-13-31-23(15-18)27(28,29)30/h4-13,15,22,24H,14,16H2,1-3H3,(H,32,33). The van der Waals surface area contributed by atoms with Gasteiger partial charge in [0.1, 0.15) is 17.9 Å². The van der Waals surface area contributed by atoms with E-state index in [2.05, 4.69) is 10.3 Å². The summed E-state index contributed by atoms with van der Waals surface area (Å²) in [6, 6.07) is 17.6. The minimum Gasteiger partial charge on any atom is -0.443 e. The maximum atomic E-state index is 13.2.